The summed E-state index contributed by atoms with van der Waals surface area (Å²) >= 11 is 0. The lowest BCUT2D eigenvalue weighted by Gasteiger charge is -2.28. The van der Waals surface area contributed by atoms with Gasteiger partial charge in [-0.15, -0.1) is 0 Å². The second-order valence-corrected chi connectivity index (χ2v) is 8.09. The average molecular weight is 440 g/mol. The quantitative estimate of drug-likeness (QED) is 0.629. The summed E-state index contributed by atoms with van der Waals surface area (Å²) < 4.78 is 34.6. The zero-order chi connectivity index (χ0) is 22.8. The molecule has 2 heterocycles. The summed E-state index contributed by atoms with van der Waals surface area (Å²) in [7, 11) is 0. The van der Waals surface area contributed by atoms with E-state index in [9.17, 15) is 18.7 Å². The molecule has 1 aromatic heterocycles. The van der Waals surface area contributed by atoms with Gasteiger partial charge < -0.3 is 19.3 Å². The van der Waals surface area contributed by atoms with Gasteiger partial charge in [0, 0.05) is 30.3 Å². The average Bonchev–Trinajstić information content (AvgIpc) is 3.15. The normalized spacial score (nSPS) is 14.2. The highest BCUT2D eigenvalue weighted by Gasteiger charge is 2.32. The highest BCUT2D eigenvalue weighted by atomic mass is 19.1. The summed E-state index contributed by atoms with van der Waals surface area (Å²) in [6.07, 6.45) is 0. The SMILES string of the molecule is CC(C)n1c(CO)c(-c2ccc(F)cc2)c(-c2ccc(F)cc2)c1C(=O)N1CCOCC1. The fourth-order valence-electron chi connectivity index (χ4n) is 4.31. The number of aliphatic hydroxyl groups excluding tert-OH is 1. The summed E-state index contributed by atoms with van der Waals surface area (Å²) in [5, 5.41) is 10.4. The van der Waals surface area contributed by atoms with Crippen molar-refractivity contribution in [2.45, 2.75) is 26.5 Å². The minimum absolute atomic E-state index is 0.134. The number of aliphatic hydroxyl groups is 1. The topological polar surface area (TPSA) is 54.7 Å². The number of hydrogen-bond acceptors (Lipinski definition) is 3. The van der Waals surface area contributed by atoms with Crippen LogP contribution in [0.3, 0.4) is 0 Å². The van der Waals surface area contributed by atoms with Crippen molar-refractivity contribution < 1.29 is 23.4 Å². The van der Waals surface area contributed by atoms with Crippen molar-refractivity contribution >= 4 is 5.91 Å². The first kappa shape index (κ1) is 22.2. The molecule has 0 atom stereocenters. The third-order valence-corrected chi connectivity index (χ3v) is 5.74. The lowest BCUT2D eigenvalue weighted by atomic mass is 9.94. The monoisotopic (exact) mass is 440 g/mol. The van der Waals surface area contributed by atoms with E-state index in [1.54, 1.807) is 29.2 Å². The Hall–Kier alpha value is -3.03. The predicted molar refractivity (Wildman–Crippen MR) is 118 cm³/mol. The van der Waals surface area contributed by atoms with Crippen molar-refractivity contribution in [1.82, 2.24) is 9.47 Å². The Morgan fingerprint density at radius 2 is 1.44 bits per heavy atom. The number of carbonyl (C=O) groups is 1. The molecule has 4 rings (SSSR count). The van der Waals surface area contributed by atoms with Crippen LogP contribution in [0.1, 0.15) is 36.1 Å². The second kappa shape index (κ2) is 9.22. The van der Waals surface area contributed by atoms with Crippen molar-refractivity contribution in [2.24, 2.45) is 0 Å². The van der Waals surface area contributed by atoms with E-state index in [1.165, 1.54) is 24.3 Å². The van der Waals surface area contributed by atoms with Gasteiger partial charge in [-0.25, -0.2) is 8.78 Å². The van der Waals surface area contributed by atoms with Gasteiger partial charge in [-0.1, -0.05) is 24.3 Å². The Bertz CT molecular complexity index is 1100. The van der Waals surface area contributed by atoms with Crippen LogP contribution in [0.15, 0.2) is 48.5 Å². The first-order valence-electron chi connectivity index (χ1n) is 10.7. The second-order valence-electron chi connectivity index (χ2n) is 8.09. The number of ether oxygens (including phenoxy) is 1. The highest BCUT2D eigenvalue weighted by Crippen LogP contribution is 2.42. The zero-order valence-electron chi connectivity index (χ0n) is 18.1. The maximum Gasteiger partial charge on any atom is 0.271 e. The molecule has 2 aromatic carbocycles. The summed E-state index contributed by atoms with van der Waals surface area (Å²) in [6.45, 7) is 5.41. The van der Waals surface area contributed by atoms with Gasteiger partial charge in [0.1, 0.15) is 17.3 Å². The van der Waals surface area contributed by atoms with Crippen LogP contribution in [0.2, 0.25) is 0 Å². The lowest BCUT2D eigenvalue weighted by Crippen LogP contribution is -2.41. The van der Waals surface area contributed by atoms with Gasteiger partial charge >= 0.3 is 0 Å². The Balaban J connectivity index is 2.05. The molecule has 3 aromatic rings. The molecule has 1 aliphatic rings. The predicted octanol–water partition coefficient (Wildman–Crippen LogP) is 4.65. The molecule has 1 aliphatic heterocycles. The maximum atomic E-state index is 13.8. The van der Waals surface area contributed by atoms with Crippen molar-refractivity contribution in [3.05, 3.63) is 71.6 Å². The van der Waals surface area contributed by atoms with E-state index < -0.39 is 0 Å². The van der Waals surface area contributed by atoms with Gasteiger partial charge in [0.25, 0.3) is 5.91 Å². The number of nitrogens with zero attached hydrogens (tertiary/aromatic N) is 2. The van der Waals surface area contributed by atoms with E-state index >= 15 is 0 Å². The number of rotatable bonds is 5. The number of halogens is 2. The molecule has 168 valence electrons. The van der Waals surface area contributed by atoms with E-state index in [2.05, 4.69) is 0 Å². The molecular formula is C25H26F2N2O3. The van der Waals surface area contributed by atoms with Gasteiger partial charge in [0.05, 0.1) is 25.5 Å². The molecular weight excluding hydrogens is 414 g/mol. The van der Waals surface area contributed by atoms with Gasteiger partial charge in [-0.2, -0.15) is 0 Å². The van der Waals surface area contributed by atoms with Gasteiger partial charge in [-0.05, 0) is 49.2 Å². The molecule has 0 aliphatic carbocycles. The molecule has 1 fully saturated rings. The smallest absolute Gasteiger partial charge is 0.271 e. The van der Waals surface area contributed by atoms with Gasteiger partial charge in [0.15, 0.2) is 0 Å². The molecule has 1 N–H and O–H groups in total. The Labute approximate surface area is 185 Å². The van der Waals surface area contributed by atoms with Crippen LogP contribution < -0.4 is 0 Å². The van der Waals surface area contributed by atoms with Crippen LogP contribution in [0.4, 0.5) is 8.78 Å². The molecule has 1 saturated heterocycles. The number of hydrogen-bond donors (Lipinski definition) is 1. The fourth-order valence-corrected chi connectivity index (χ4v) is 4.31. The van der Waals surface area contributed by atoms with E-state index in [1.807, 2.05) is 18.4 Å². The van der Waals surface area contributed by atoms with Crippen LogP contribution in [0, 0.1) is 11.6 Å². The highest BCUT2D eigenvalue weighted by molar-refractivity contribution is 6.05. The first-order valence-corrected chi connectivity index (χ1v) is 10.7. The minimum Gasteiger partial charge on any atom is -0.390 e. The van der Waals surface area contributed by atoms with Crippen LogP contribution >= 0.6 is 0 Å². The molecule has 32 heavy (non-hydrogen) atoms. The summed E-state index contributed by atoms with van der Waals surface area (Å²) in [4.78, 5) is 15.5. The lowest BCUT2D eigenvalue weighted by molar-refractivity contribution is 0.0295. The van der Waals surface area contributed by atoms with Crippen LogP contribution in [0.25, 0.3) is 22.3 Å². The van der Waals surface area contributed by atoms with Crippen LogP contribution in [-0.2, 0) is 11.3 Å². The van der Waals surface area contributed by atoms with Crippen molar-refractivity contribution in [3.63, 3.8) is 0 Å². The van der Waals surface area contributed by atoms with Crippen molar-refractivity contribution in [1.29, 1.82) is 0 Å². The van der Waals surface area contributed by atoms with Crippen molar-refractivity contribution in [3.8, 4) is 22.3 Å². The Morgan fingerprint density at radius 3 is 1.91 bits per heavy atom. The number of aromatic nitrogens is 1. The van der Waals surface area contributed by atoms with E-state index in [0.717, 1.165) is 0 Å². The molecule has 0 bridgehead atoms. The molecule has 5 nitrogen and oxygen atoms in total. The summed E-state index contributed by atoms with van der Waals surface area (Å²) in [5.41, 5.74) is 3.55. The summed E-state index contributed by atoms with van der Waals surface area (Å²) in [6, 6.07) is 11.8. The molecule has 0 unspecified atom stereocenters. The number of benzene rings is 2. The van der Waals surface area contributed by atoms with E-state index in [-0.39, 0.29) is 30.2 Å². The Morgan fingerprint density at radius 1 is 0.938 bits per heavy atom. The first-order chi connectivity index (χ1) is 15.4. The van der Waals surface area contributed by atoms with E-state index in [4.69, 9.17) is 4.74 Å². The number of carbonyl (C=O) groups excluding carboxylic acids is 1. The molecule has 1 amide bonds. The number of morpholine rings is 1. The van der Waals surface area contributed by atoms with Gasteiger partial charge in [0.2, 0.25) is 0 Å². The maximum absolute atomic E-state index is 13.8. The third-order valence-electron chi connectivity index (χ3n) is 5.74. The zero-order valence-corrected chi connectivity index (χ0v) is 18.1. The molecule has 0 radical (unpaired) electrons. The van der Waals surface area contributed by atoms with Crippen molar-refractivity contribution in [2.75, 3.05) is 26.3 Å². The minimum atomic E-state index is -0.385. The van der Waals surface area contributed by atoms with Gasteiger partial charge in [-0.3, -0.25) is 4.79 Å². The van der Waals surface area contributed by atoms with Crippen LogP contribution in [0.5, 0.6) is 0 Å². The molecule has 0 spiro atoms. The standard InChI is InChI=1S/C25H26F2N2O3/c1-16(2)29-21(15-30)22(17-3-7-19(26)8-4-17)23(18-5-9-20(27)10-6-18)24(29)25(31)28-11-13-32-14-12-28/h3-10,16,30H,11-15H2,1-2H3. The molecule has 0 saturated carbocycles. The fraction of sp³-hybridized carbons (Fsp3) is 0.320. The summed E-state index contributed by atoms with van der Waals surface area (Å²) in [5.74, 6) is -0.941. The Kier molecular flexibility index (Phi) is 6.39. The third kappa shape index (κ3) is 4.06. The van der Waals surface area contributed by atoms with E-state index in [0.29, 0.717) is 59.9 Å². The largest absolute Gasteiger partial charge is 0.390 e. The molecule has 7 heteroatoms. The van der Waals surface area contributed by atoms with Crippen LogP contribution in [-0.4, -0.2) is 46.8 Å². The number of amides is 1.